The van der Waals surface area contributed by atoms with E-state index in [4.69, 9.17) is 15.6 Å². The molecule has 0 radical (unpaired) electrons. The maximum atomic E-state index is 9.07. The molecule has 1 unspecified atom stereocenters. The summed E-state index contributed by atoms with van der Waals surface area (Å²) in [6, 6.07) is 3.67. The van der Waals surface area contributed by atoms with Crippen molar-refractivity contribution < 1.29 is 5.11 Å². The minimum absolute atomic E-state index is 0.100. The van der Waals surface area contributed by atoms with E-state index in [2.05, 4.69) is 4.98 Å². The predicted octanol–water partition coefficient (Wildman–Crippen LogP) is 0.00726. The Hall–Kier alpha value is -1.85. The molecule has 1 heterocycles. The lowest BCUT2D eigenvalue weighted by molar-refractivity contribution is 0.173. The average molecular weight is 176 g/mol. The summed E-state index contributed by atoms with van der Waals surface area (Å²) in [5, 5.41) is 26.3. The number of aliphatic hydroxyl groups is 1. The van der Waals surface area contributed by atoms with Crippen LogP contribution in [0.2, 0.25) is 0 Å². The van der Waals surface area contributed by atoms with Crippen LogP contribution in [0.1, 0.15) is 18.3 Å². The molecule has 0 spiro atoms. The summed E-state index contributed by atoms with van der Waals surface area (Å²) < 4.78 is 1.46. The van der Waals surface area contributed by atoms with Crippen molar-refractivity contribution in [3.63, 3.8) is 0 Å². The molecule has 1 rings (SSSR count). The molecule has 0 aliphatic carbocycles. The number of aromatic nitrogens is 2. The van der Waals surface area contributed by atoms with E-state index in [0.29, 0.717) is 0 Å². The van der Waals surface area contributed by atoms with E-state index in [-0.39, 0.29) is 17.9 Å². The minimum Gasteiger partial charge on any atom is -0.392 e. The summed E-state index contributed by atoms with van der Waals surface area (Å²) in [6.07, 6.45) is 0.817. The number of hydrogen-bond acceptors (Lipinski definition) is 4. The Labute approximate surface area is 75.5 Å². The molecule has 1 N–H and O–H groups in total. The molecule has 66 valence electrons. The van der Waals surface area contributed by atoms with Crippen LogP contribution in [0.3, 0.4) is 0 Å². The van der Waals surface area contributed by atoms with E-state index in [1.807, 2.05) is 6.07 Å². The van der Waals surface area contributed by atoms with Gasteiger partial charge in [-0.3, -0.25) is 0 Å². The van der Waals surface area contributed by atoms with E-state index in [1.54, 1.807) is 13.0 Å². The Balaban J connectivity index is 3.05. The van der Waals surface area contributed by atoms with Crippen LogP contribution >= 0.6 is 0 Å². The highest BCUT2D eigenvalue weighted by atomic mass is 16.3. The van der Waals surface area contributed by atoms with E-state index in [9.17, 15) is 0 Å². The molecule has 0 aliphatic rings. The van der Waals surface area contributed by atoms with Gasteiger partial charge in [-0.1, -0.05) is 0 Å². The maximum absolute atomic E-state index is 9.07. The fraction of sp³-hybridized carbons (Fsp3) is 0.375. The van der Waals surface area contributed by atoms with E-state index < -0.39 is 6.10 Å². The first-order valence-corrected chi connectivity index (χ1v) is 3.72. The second-order valence-corrected chi connectivity index (χ2v) is 2.67. The Bertz CT molecular complexity index is 380. The summed E-state index contributed by atoms with van der Waals surface area (Å²) in [7, 11) is 0. The van der Waals surface area contributed by atoms with E-state index in [0.717, 1.165) is 0 Å². The second kappa shape index (κ2) is 3.70. The van der Waals surface area contributed by atoms with E-state index >= 15 is 0 Å². The van der Waals surface area contributed by atoms with Crippen molar-refractivity contribution in [2.75, 3.05) is 0 Å². The van der Waals surface area contributed by atoms with Gasteiger partial charge in [0.05, 0.1) is 19.0 Å². The zero-order chi connectivity index (χ0) is 9.84. The molecule has 0 saturated carbocycles. The molecule has 1 aromatic rings. The number of aliphatic hydroxyl groups excluding tert-OH is 1. The summed E-state index contributed by atoms with van der Waals surface area (Å²) >= 11 is 0. The molecular formula is C8H8N4O. The van der Waals surface area contributed by atoms with Crippen molar-refractivity contribution in [1.29, 1.82) is 10.5 Å². The zero-order valence-electron chi connectivity index (χ0n) is 7.10. The summed E-state index contributed by atoms with van der Waals surface area (Å²) in [5.41, 5.74) is 0.298. The van der Waals surface area contributed by atoms with Crippen LogP contribution < -0.4 is 0 Å². The molecule has 5 heteroatoms. The van der Waals surface area contributed by atoms with Crippen LogP contribution in [0.4, 0.5) is 0 Å². The molecule has 1 aromatic heterocycles. The van der Waals surface area contributed by atoms with Crippen molar-refractivity contribution >= 4 is 0 Å². The number of imidazole rings is 1. The topological polar surface area (TPSA) is 85.6 Å². The molecule has 0 saturated heterocycles. The fourth-order valence-electron chi connectivity index (χ4n) is 1.00. The monoisotopic (exact) mass is 176 g/mol. The van der Waals surface area contributed by atoms with Crippen molar-refractivity contribution in [1.82, 2.24) is 9.55 Å². The Morgan fingerprint density at radius 3 is 2.77 bits per heavy atom. The van der Waals surface area contributed by atoms with Gasteiger partial charge in [-0.2, -0.15) is 10.5 Å². The van der Waals surface area contributed by atoms with Gasteiger partial charge >= 0.3 is 0 Å². The average Bonchev–Trinajstić information content (AvgIpc) is 2.45. The molecular weight excluding hydrogens is 168 g/mol. The third-order valence-electron chi connectivity index (χ3n) is 1.51. The second-order valence-electron chi connectivity index (χ2n) is 2.67. The van der Waals surface area contributed by atoms with Gasteiger partial charge in [0.2, 0.25) is 0 Å². The first-order chi connectivity index (χ1) is 6.19. The molecule has 0 aliphatic heterocycles. The third kappa shape index (κ3) is 1.84. The highest BCUT2D eigenvalue weighted by Crippen LogP contribution is 2.05. The molecule has 0 aromatic carbocycles. The van der Waals surface area contributed by atoms with Gasteiger partial charge in [-0.15, -0.1) is 0 Å². The van der Waals surface area contributed by atoms with Gasteiger partial charge in [0, 0.05) is 0 Å². The highest BCUT2D eigenvalue weighted by molar-refractivity contribution is 5.35. The summed E-state index contributed by atoms with van der Waals surface area (Å²) in [5.74, 6) is 0. The molecule has 5 nitrogen and oxygen atoms in total. The molecule has 0 amide bonds. The van der Waals surface area contributed by atoms with Crippen LogP contribution in [0.15, 0.2) is 6.33 Å². The highest BCUT2D eigenvalue weighted by Gasteiger charge is 2.10. The lowest BCUT2D eigenvalue weighted by atomic mass is 10.3. The number of hydrogen-bond donors (Lipinski definition) is 1. The van der Waals surface area contributed by atoms with Gasteiger partial charge in [0.15, 0.2) is 11.4 Å². The lowest BCUT2D eigenvalue weighted by Gasteiger charge is -2.04. The predicted molar refractivity (Wildman–Crippen MR) is 43.3 cm³/mol. The zero-order valence-corrected chi connectivity index (χ0v) is 7.10. The van der Waals surface area contributed by atoms with Gasteiger partial charge in [-0.25, -0.2) is 4.98 Å². The Morgan fingerprint density at radius 2 is 2.31 bits per heavy atom. The number of nitriles is 2. The molecule has 13 heavy (non-hydrogen) atoms. The summed E-state index contributed by atoms with van der Waals surface area (Å²) in [4.78, 5) is 3.73. The van der Waals surface area contributed by atoms with Gasteiger partial charge < -0.3 is 9.67 Å². The third-order valence-corrected chi connectivity index (χ3v) is 1.51. The maximum Gasteiger partial charge on any atom is 0.176 e. The van der Waals surface area contributed by atoms with Gasteiger partial charge in [0.1, 0.15) is 12.1 Å². The summed E-state index contributed by atoms with van der Waals surface area (Å²) in [6.45, 7) is 1.88. The smallest absolute Gasteiger partial charge is 0.176 e. The fourth-order valence-corrected chi connectivity index (χ4v) is 1.00. The molecule has 0 fully saturated rings. The minimum atomic E-state index is -0.562. The number of nitrogens with zero attached hydrogens (tertiary/aromatic N) is 4. The standard InChI is InChI=1S/C8H8N4O/c1-6(13)4-12-5-11-7(2-9)8(12)3-10/h5-6,13H,4H2,1H3. The molecule has 0 bridgehead atoms. The van der Waals surface area contributed by atoms with Crippen LogP contribution in [0.25, 0.3) is 0 Å². The van der Waals surface area contributed by atoms with Crippen LogP contribution in [-0.2, 0) is 6.54 Å². The van der Waals surface area contributed by atoms with Crippen molar-refractivity contribution in [2.45, 2.75) is 19.6 Å². The Morgan fingerprint density at radius 1 is 1.62 bits per heavy atom. The van der Waals surface area contributed by atoms with Crippen LogP contribution in [0.5, 0.6) is 0 Å². The lowest BCUT2D eigenvalue weighted by Crippen LogP contribution is -2.12. The Kier molecular flexibility index (Phi) is 2.63. The van der Waals surface area contributed by atoms with Crippen molar-refractivity contribution in [3.8, 4) is 12.1 Å². The van der Waals surface area contributed by atoms with E-state index in [1.165, 1.54) is 10.9 Å². The van der Waals surface area contributed by atoms with Crippen LogP contribution in [0, 0.1) is 22.7 Å². The first kappa shape index (κ1) is 9.24. The quantitative estimate of drug-likeness (QED) is 0.687. The number of rotatable bonds is 2. The van der Waals surface area contributed by atoms with Gasteiger partial charge in [-0.05, 0) is 6.92 Å². The van der Waals surface area contributed by atoms with Gasteiger partial charge in [0.25, 0.3) is 0 Å². The largest absolute Gasteiger partial charge is 0.392 e. The normalized spacial score (nSPS) is 11.7. The van der Waals surface area contributed by atoms with Crippen LogP contribution in [-0.4, -0.2) is 20.8 Å². The van der Waals surface area contributed by atoms with Crippen molar-refractivity contribution in [2.24, 2.45) is 0 Å². The molecule has 1 atom stereocenters. The SMILES string of the molecule is CC(O)Cn1cnc(C#N)c1C#N. The first-order valence-electron chi connectivity index (χ1n) is 3.72. The van der Waals surface area contributed by atoms with Crippen molar-refractivity contribution in [3.05, 3.63) is 17.7 Å².